The van der Waals surface area contributed by atoms with Crippen molar-refractivity contribution in [2.24, 2.45) is 5.92 Å². The lowest BCUT2D eigenvalue weighted by Crippen LogP contribution is -2.25. The van der Waals surface area contributed by atoms with E-state index in [2.05, 4.69) is 22.2 Å². The minimum atomic E-state index is 0.250. The Hall–Kier alpha value is -1.52. The molecule has 18 heavy (non-hydrogen) atoms. The second-order valence-electron chi connectivity index (χ2n) is 4.88. The standard InChI is InChI=1S/C13H22N4O/c1-3-9-5-4-6-10(7-9)18-12-8-11(15-2)16-13(14)17-12/h8-10H,3-7H2,1-2H3,(H3,14,15,16,17). The maximum Gasteiger partial charge on any atom is 0.225 e. The molecule has 1 saturated carbocycles. The minimum absolute atomic E-state index is 0.250. The van der Waals surface area contributed by atoms with Crippen molar-refractivity contribution in [2.45, 2.75) is 45.1 Å². The molecule has 1 aromatic rings. The van der Waals surface area contributed by atoms with E-state index in [0.29, 0.717) is 11.7 Å². The zero-order valence-corrected chi connectivity index (χ0v) is 11.1. The second kappa shape index (κ2) is 5.89. The molecule has 0 spiro atoms. The van der Waals surface area contributed by atoms with E-state index in [1.165, 1.54) is 19.3 Å². The van der Waals surface area contributed by atoms with Crippen molar-refractivity contribution in [2.75, 3.05) is 18.1 Å². The Labute approximate surface area is 108 Å². The van der Waals surface area contributed by atoms with Crippen molar-refractivity contribution in [3.63, 3.8) is 0 Å². The molecule has 2 atom stereocenters. The number of ether oxygens (including phenoxy) is 1. The number of rotatable bonds is 4. The fourth-order valence-corrected chi connectivity index (χ4v) is 2.52. The van der Waals surface area contributed by atoms with Crippen LogP contribution in [0.1, 0.15) is 39.0 Å². The highest BCUT2D eigenvalue weighted by Gasteiger charge is 2.22. The number of nitrogens with zero attached hydrogens (tertiary/aromatic N) is 2. The van der Waals surface area contributed by atoms with Crippen LogP contribution in [-0.2, 0) is 0 Å². The van der Waals surface area contributed by atoms with E-state index in [1.807, 2.05) is 0 Å². The van der Waals surface area contributed by atoms with Crippen molar-refractivity contribution in [3.8, 4) is 5.88 Å². The number of nitrogens with one attached hydrogen (secondary N) is 1. The Balaban J connectivity index is 2.02. The number of nitrogen functional groups attached to an aromatic ring is 1. The highest BCUT2D eigenvalue weighted by Crippen LogP contribution is 2.29. The number of hydrogen-bond donors (Lipinski definition) is 2. The Morgan fingerprint density at radius 3 is 3.00 bits per heavy atom. The maximum absolute atomic E-state index is 5.94. The van der Waals surface area contributed by atoms with Crippen LogP contribution in [0, 0.1) is 5.92 Å². The first-order valence-electron chi connectivity index (χ1n) is 6.70. The van der Waals surface area contributed by atoms with Gasteiger partial charge in [-0.15, -0.1) is 0 Å². The van der Waals surface area contributed by atoms with Crippen molar-refractivity contribution < 1.29 is 4.74 Å². The Bertz CT molecular complexity index is 397. The van der Waals surface area contributed by atoms with E-state index in [0.717, 1.165) is 18.8 Å². The summed E-state index contributed by atoms with van der Waals surface area (Å²) in [7, 11) is 1.80. The quantitative estimate of drug-likeness (QED) is 0.858. The minimum Gasteiger partial charge on any atom is -0.474 e. The topological polar surface area (TPSA) is 73.1 Å². The number of anilines is 2. The molecule has 1 fully saturated rings. The molecule has 0 bridgehead atoms. The normalized spacial score (nSPS) is 23.7. The van der Waals surface area contributed by atoms with Crippen LogP contribution in [0.15, 0.2) is 6.07 Å². The van der Waals surface area contributed by atoms with E-state index in [9.17, 15) is 0 Å². The maximum atomic E-state index is 5.94. The molecule has 0 amide bonds. The molecule has 100 valence electrons. The van der Waals surface area contributed by atoms with E-state index < -0.39 is 0 Å². The molecule has 5 heteroatoms. The van der Waals surface area contributed by atoms with Crippen LogP contribution in [0.25, 0.3) is 0 Å². The van der Waals surface area contributed by atoms with Gasteiger partial charge in [0.1, 0.15) is 11.9 Å². The first-order valence-corrected chi connectivity index (χ1v) is 6.70. The van der Waals surface area contributed by atoms with E-state index >= 15 is 0 Å². The molecule has 1 aliphatic carbocycles. The summed E-state index contributed by atoms with van der Waals surface area (Å²) >= 11 is 0. The lowest BCUT2D eigenvalue weighted by atomic mass is 9.85. The highest BCUT2D eigenvalue weighted by molar-refractivity contribution is 5.42. The summed E-state index contributed by atoms with van der Waals surface area (Å²) in [6, 6.07) is 1.80. The first-order chi connectivity index (χ1) is 8.71. The molecule has 1 heterocycles. The van der Waals surface area contributed by atoms with Gasteiger partial charge in [-0.05, 0) is 25.2 Å². The highest BCUT2D eigenvalue weighted by atomic mass is 16.5. The lowest BCUT2D eigenvalue weighted by molar-refractivity contribution is 0.117. The van der Waals surface area contributed by atoms with Crippen LogP contribution in [0.2, 0.25) is 0 Å². The molecule has 1 aliphatic rings. The van der Waals surface area contributed by atoms with Gasteiger partial charge in [0.2, 0.25) is 11.8 Å². The van der Waals surface area contributed by atoms with E-state index in [1.54, 1.807) is 13.1 Å². The van der Waals surface area contributed by atoms with Gasteiger partial charge in [-0.2, -0.15) is 9.97 Å². The molecule has 2 unspecified atom stereocenters. The fourth-order valence-electron chi connectivity index (χ4n) is 2.52. The summed E-state index contributed by atoms with van der Waals surface area (Å²) in [5, 5.41) is 2.95. The molecule has 3 N–H and O–H groups in total. The van der Waals surface area contributed by atoms with E-state index in [4.69, 9.17) is 10.5 Å². The molecule has 0 aromatic carbocycles. The predicted octanol–water partition coefficient (Wildman–Crippen LogP) is 2.45. The summed E-state index contributed by atoms with van der Waals surface area (Å²) in [6.45, 7) is 2.24. The Morgan fingerprint density at radius 2 is 2.28 bits per heavy atom. The zero-order valence-electron chi connectivity index (χ0n) is 11.1. The predicted molar refractivity (Wildman–Crippen MR) is 72.7 cm³/mol. The van der Waals surface area contributed by atoms with Gasteiger partial charge in [-0.25, -0.2) is 0 Å². The van der Waals surface area contributed by atoms with Gasteiger partial charge in [0.25, 0.3) is 0 Å². The number of nitrogens with two attached hydrogens (primary N) is 1. The number of hydrogen-bond acceptors (Lipinski definition) is 5. The van der Waals surface area contributed by atoms with Crippen LogP contribution in [0.5, 0.6) is 5.88 Å². The summed E-state index contributed by atoms with van der Waals surface area (Å²) in [4.78, 5) is 8.18. The fraction of sp³-hybridized carbons (Fsp3) is 0.692. The first kappa shape index (κ1) is 12.9. The van der Waals surface area contributed by atoms with E-state index in [-0.39, 0.29) is 12.1 Å². The van der Waals surface area contributed by atoms with Gasteiger partial charge in [0.05, 0.1) is 0 Å². The average Bonchev–Trinajstić information content (AvgIpc) is 2.38. The molecule has 0 saturated heterocycles. The zero-order chi connectivity index (χ0) is 13.0. The SMILES string of the molecule is CCC1CCCC(Oc2cc(NC)nc(N)n2)C1. The van der Waals surface area contributed by atoms with Gasteiger partial charge in [-0.1, -0.05) is 19.8 Å². The summed E-state index contributed by atoms with van der Waals surface area (Å²) in [6.07, 6.45) is 6.29. The van der Waals surface area contributed by atoms with Gasteiger partial charge in [0, 0.05) is 13.1 Å². The van der Waals surface area contributed by atoms with Crippen molar-refractivity contribution in [1.29, 1.82) is 0 Å². The molecule has 0 radical (unpaired) electrons. The van der Waals surface area contributed by atoms with Crippen LogP contribution in [-0.4, -0.2) is 23.1 Å². The molecule has 0 aliphatic heterocycles. The molecule has 5 nitrogen and oxygen atoms in total. The third-order valence-electron chi connectivity index (χ3n) is 3.58. The van der Waals surface area contributed by atoms with Crippen LogP contribution in [0.4, 0.5) is 11.8 Å². The second-order valence-corrected chi connectivity index (χ2v) is 4.88. The lowest BCUT2D eigenvalue weighted by Gasteiger charge is -2.28. The Kier molecular flexibility index (Phi) is 4.23. The Morgan fingerprint density at radius 1 is 1.44 bits per heavy atom. The monoisotopic (exact) mass is 250 g/mol. The van der Waals surface area contributed by atoms with Gasteiger partial charge in [-0.3, -0.25) is 0 Å². The molecule has 2 rings (SSSR count). The van der Waals surface area contributed by atoms with Crippen LogP contribution >= 0.6 is 0 Å². The number of aromatic nitrogens is 2. The van der Waals surface area contributed by atoms with Crippen LogP contribution in [0.3, 0.4) is 0 Å². The van der Waals surface area contributed by atoms with Gasteiger partial charge in [0.15, 0.2) is 0 Å². The van der Waals surface area contributed by atoms with Crippen molar-refractivity contribution in [3.05, 3.63) is 6.07 Å². The third kappa shape index (κ3) is 3.24. The van der Waals surface area contributed by atoms with Gasteiger partial charge >= 0.3 is 0 Å². The smallest absolute Gasteiger partial charge is 0.225 e. The largest absolute Gasteiger partial charge is 0.474 e. The third-order valence-corrected chi connectivity index (χ3v) is 3.58. The van der Waals surface area contributed by atoms with Crippen molar-refractivity contribution >= 4 is 11.8 Å². The molecular weight excluding hydrogens is 228 g/mol. The summed E-state index contributed by atoms with van der Waals surface area (Å²) < 4.78 is 5.94. The molecule has 1 aromatic heterocycles. The summed E-state index contributed by atoms with van der Waals surface area (Å²) in [5.41, 5.74) is 5.65. The van der Waals surface area contributed by atoms with Gasteiger partial charge < -0.3 is 15.8 Å². The molecular formula is C13H22N4O. The average molecular weight is 250 g/mol. The summed E-state index contributed by atoms with van der Waals surface area (Å²) in [5.74, 6) is 2.31. The van der Waals surface area contributed by atoms with Crippen molar-refractivity contribution in [1.82, 2.24) is 9.97 Å². The van der Waals surface area contributed by atoms with Crippen LogP contribution < -0.4 is 15.8 Å².